The molecule has 1 aromatic carbocycles. The van der Waals surface area contributed by atoms with Crippen LogP contribution in [0, 0.1) is 11.9 Å². The molecule has 0 aliphatic carbocycles. The molecule has 90 valence electrons. The molecule has 0 atom stereocenters. The van der Waals surface area contributed by atoms with Crippen LogP contribution in [-0.2, 0) is 0 Å². The van der Waals surface area contributed by atoms with Crippen LogP contribution in [-0.4, -0.2) is 6.61 Å². The minimum atomic E-state index is -0.361. The maximum atomic E-state index is 12.7. The van der Waals surface area contributed by atoms with E-state index in [1.165, 1.54) is 38.2 Å². The fourth-order valence-corrected chi connectivity index (χ4v) is 1.58. The molecule has 0 bridgehead atoms. The summed E-state index contributed by atoms with van der Waals surface area (Å²) >= 11 is 0. The molecule has 0 saturated heterocycles. The van der Waals surface area contributed by atoms with Crippen molar-refractivity contribution in [3.63, 3.8) is 0 Å². The Bertz CT molecular complexity index is 291. The Morgan fingerprint density at radius 1 is 1.18 bits per heavy atom. The molecular formula is C14H20FLiO. The topological polar surface area (TPSA) is 9.23 Å². The third-order valence-corrected chi connectivity index (χ3v) is 2.50. The average Bonchev–Trinajstić information content (AvgIpc) is 2.28. The zero-order valence-corrected chi connectivity index (χ0v) is 11.0. The van der Waals surface area contributed by atoms with E-state index in [4.69, 9.17) is 4.74 Å². The summed E-state index contributed by atoms with van der Waals surface area (Å²) in [4.78, 5) is 0. The average molecular weight is 230 g/mol. The normalized spacial score (nSPS) is 9.76. The standard InChI is InChI=1S/C14H20FO.Li/c1-2-3-4-5-6-7-11-16-14-10-8-9-13(15)12-14;/h8,10,12H,2-7,11H2,1H3;/q-1;+1. The third-order valence-electron chi connectivity index (χ3n) is 2.50. The van der Waals surface area contributed by atoms with E-state index in [1.54, 1.807) is 12.1 Å². The Kier molecular flexibility index (Phi) is 10.4. The zero-order chi connectivity index (χ0) is 11.6. The monoisotopic (exact) mass is 230 g/mol. The van der Waals surface area contributed by atoms with E-state index in [0.717, 1.165) is 6.42 Å². The van der Waals surface area contributed by atoms with Crippen molar-refractivity contribution in [1.82, 2.24) is 0 Å². The van der Waals surface area contributed by atoms with Gasteiger partial charge in [-0.05, 0) is 6.42 Å². The van der Waals surface area contributed by atoms with Crippen LogP contribution in [0.4, 0.5) is 4.39 Å². The molecule has 0 aliphatic rings. The largest absolute Gasteiger partial charge is 1.00 e. The Morgan fingerprint density at radius 2 is 1.88 bits per heavy atom. The second-order valence-electron chi connectivity index (χ2n) is 3.99. The molecule has 0 aromatic heterocycles. The van der Waals surface area contributed by atoms with Crippen LogP contribution in [0.15, 0.2) is 18.2 Å². The molecule has 1 rings (SSSR count). The maximum absolute atomic E-state index is 12.7. The van der Waals surface area contributed by atoms with Crippen molar-refractivity contribution in [2.45, 2.75) is 45.4 Å². The van der Waals surface area contributed by atoms with Gasteiger partial charge in [0.05, 0.1) is 6.61 Å². The van der Waals surface area contributed by atoms with Gasteiger partial charge in [-0.25, -0.2) is 4.39 Å². The van der Waals surface area contributed by atoms with Crippen molar-refractivity contribution < 1.29 is 28.0 Å². The Hall–Kier alpha value is -0.453. The first-order valence-corrected chi connectivity index (χ1v) is 6.13. The van der Waals surface area contributed by atoms with E-state index in [1.807, 2.05) is 0 Å². The van der Waals surface area contributed by atoms with Gasteiger partial charge in [-0.3, -0.25) is 0 Å². The number of hydrogen-bond donors (Lipinski definition) is 0. The summed E-state index contributed by atoms with van der Waals surface area (Å²) in [6.07, 6.45) is 7.42. The van der Waals surface area contributed by atoms with E-state index < -0.39 is 0 Å². The van der Waals surface area contributed by atoms with Crippen LogP contribution >= 0.6 is 0 Å². The van der Waals surface area contributed by atoms with Crippen LogP contribution in [0.25, 0.3) is 0 Å². The first-order chi connectivity index (χ1) is 7.83. The van der Waals surface area contributed by atoms with Crippen LogP contribution < -0.4 is 23.6 Å². The minimum Gasteiger partial charge on any atom is -0.519 e. The molecule has 17 heavy (non-hydrogen) atoms. The molecule has 0 saturated carbocycles. The van der Waals surface area contributed by atoms with Crippen LogP contribution in [0.1, 0.15) is 45.4 Å². The van der Waals surface area contributed by atoms with E-state index in [-0.39, 0.29) is 24.7 Å². The van der Waals surface area contributed by atoms with E-state index in [9.17, 15) is 4.39 Å². The van der Waals surface area contributed by atoms with Gasteiger partial charge in [-0.15, -0.1) is 12.1 Å². The molecule has 0 aliphatic heterocycles. The maximum Gasteiger partial charge on any atom is 1.00 e. The third kappa shape index (κ3) is 8.29. The summed E-state index contributed by atoms with van der Waals surface area (Å²) in [5.41, 5.74) is 0. The van der Waals surface area contributed by atoms with Crippen molar-refractivity contribution in [1.29, 1.82) is 0 Å². The summed E-state index contributed by atoms with van der Waals surface area (Å²) in [5, 5.41) is 0. The molecule has 0 fully saturated rings. The molecule has 0 N–H and O–H groups in total. The Labute approximate surface area is 116 Å². The second kappa shape index (κ2) is 10.7. The predicted octanol–water partition coefficient (Wildman–Crippen LogP) is 1.37. The van der Waals surface area contributed by atoms with Crippen molar-refractivity contribution >= 4 is 0 Å². The van der Waals surface area contributed by atoms with Crippen molar-refractivity contribution in [2.75, 3.05) is 6.61 Å². The Morgan fingerprint density at radius 3 is 2.59 bits per heavy atom. The van der Waals surface area contributed by atoms with Gasteiger partial charge in [-0.1, -0.05) is 45.1 Å². The molecule has 1 nitrogen and oxygen atoms in total. The summed E-state index contributed by atoms with van der Waals surface area (Å²) in [7, 11) is 0. The summed E-state index contributed by atoms with van der Waals surface area (Å²) in [6.45, 7) is 2.89. The number of benzene rings is 1. The minimum absolute atomic E-state index is 0. The number of unbranched alkanes of at least 4 members (excludes halogenated alkanes) is 5. The van der Waals surface area contributed by atoms with Gasteiger partial charge < -0.3 is 4.74 Å². The molecular weight excluding hydrogens is 210 g/mol. The molecule has 0 unspecified atom stereocenters. The second-order valence-corrected chi connectivity index (χ2v) is 3.99. The van der Waals surface area contributed by atoms with Crippen LogP contribution in [0.2, 0.25) is 0 Å². The molecule has 0 spiro atoms. The van der Waals surface area contributed by atoms with E-state index in [0.29, 0.717) is 12.4 Å². The van der Waals surface area contributed by atoms with Crippen molar-refractivity contribution in [3.05, 3.63) is 30.1 Å². The van der Waals surface area contributed by atoms with Crippen LogP contribution in [0.3, 0.4) is 0 Å². The van der Waals surface area contributed by atoms with Gasteiger partial charge in [0.15, 0.2) is 0 Å². The molecule has 0 radical (unpaired) electrons. The SMILES string of the molecule is CCCCCCCCOc1cc[c-]c(F)c1.[Li+]. The number of ether oxygens (including phenoxy) is 1. The van der Waals surface area contributed by atoms with Crippen molar-refractivity contribution in [3.8, 4) is 5.75 Å². The van der Waals surface area contributed by atoms with Gasteiger partial charge in [0.1, 0.15) is 0 Å². The van der Waals surface area contributed by atoms with Crippen LogP contribution in [0.5, 0.6) is 5.75 Å². The molecule has 0 amide bonds. The van der Waals surface area contributed by atoms with E-state index >= 15 is 0 Å². The number of halogens is 1. The zero-order valence-electron chi connectivity index (χ0n) is 11.0. The number of rotatable bonds is 8. The first kappa shape index (κ1) is 16.5. The Balaban J connectivity index is 0.00000256. The van der Waals surface area contributed by atoms with Gasteiger partial charge in [0, 0.05) is 11.6 Å². The fourth-order valence-electron chi connectivity index (χ4n) is 1.58. The molecule has 3 heteroatoms. The summed E-state index contributed by atoms with van der Waals surface area (Å²) in [5.74, 6) is 0.241. The number of hydrogen-bond acceptors (Lipinski definition) is 1. The van der Waals surface area contributed by atoms with Gasteiger partial charge in [0.25, 0.3) is 0 Å². The van der Waals surface area contributed by atoms with E-state index in [2.05, 4.69) is 13.0 Å². The fraction of sp³-hybridized carbons (Fsp3) is 0.571. The van der Waals surface area contributed by atoms with Gasteiger partial charge in [-0.2, -0.15) is 6.07 Å². The predicted molar refractivity (Wildman–Crippen MR) is 64.1 cm³/mol. The quantitative estimate of drug-likeness (QED) is 0.372. The van der Waals surface area contributed by atoms with Gasteiger partial charge in [0.2, 0.25) is 0 Å². The van der Waals surface area contributed by atoms with Gasteiger partial charge >= 0.3 is 18.9 Å². The summed E-state index contributed by atoms with van der Waals surface area (Å²) in [6, 6.07) is 7.11. The summed E-state index contributed by atoms with van der Waals surface area (Å²) < 4.78 is 18.2. The first-order valence-electron chi connectivity index (χ1n) is 6.13. The molecule has 0 heterocycles. The molecule has 1 aromatic rings. The smallest absolute Gasteiger partial charge is 0.519 e. The van der Waals surface area contributed by atoms with Crippen molar-refractivity contribution in [2.24, 2.45) is 0 Å².